The van der Waals surface area contributed by atoms with Crippen LogP contribution in [0.2, 0.25) is 0 Å². The molecule has 0 aromatic carbocycles. The fourth-order valence-corrected chi connectivity index (χ4v) is 5.96. The zero-order valence-electron chi connectivity index (χ0n) is 35.0. The van der Waals surface area contributed by atoms with E-state index in [0.717, 1.165) is 103 Å². The number of aliphatic hydroxyl groups is 5. The molecule has 7 unspecified atom stereocenters. The van der Waals surface area contributed by atoms with Crippen molar-refractivity contribution < 1.29 is 39.8 Å². The van der Waals surface area contributed by atoms with Crippen molar-refractivity contribution in [2.75, 3.05) is 13.2 Å². The van der Waals surface area contributed by atoms with Gasteiger partial charge in [0.15, 0.2) is 6.29 Å². The van der Waals surface area contributed by atoms with Crippen LogP contribution >= 0.6 is 0 Å². The second-order valence-electron chi connectivity index (χ2n) is 14.4. The Labute approximate surface area is 345 Å². The van der Waals surface area contributed by atoms with Crippen LogP contribution in [-0.4, -0.2) is 87.5 Å². The lowest BCUT2D eigenvalue weighted by molar-refractivity contribution is -0.302. The smallest absolute Gasteiger partial charge is 0.220 e. The molecule has 1 heterocycles. The maximum atomic E-state index is 12.9. The SMILES string of the molecule is C/C=C/CC/C=C/CC/C=C/C(O)C(COC1OC(CO)C(O)C(O)C1O)NC(=O)CCCCCCCC/C=C\C/C=C\C/C=C\C/C=C\C/C=C\C/C=C\CC. The summed E-state index contributed by atoms with van der Waals surface area (Å²) in [7, 11) is 0. The van der Waals surface area contributed by atoms with E-state index in [1.54, 1.807) is 6.08 Å². The molecule has 322 valence electrons. The van der Waals surface area contributed by atoms with Gasteiger partial charge in [0.25, 0.3) is 0 Å². The number of unbranched alkanes of at least 4 members (excludes halogenated alkanes) is 8. The van der Waals surface area contributed by atoms with E-state index in [1.807, 2.05) is 19.1 Å². The predicted octanol–water partition coefficient (Wildman–Crippen LogP) is 8.72. The van der Waals surface area contributed by atoms with Gasteiger partial charge in [0, 0.05) is 6.42 Å². The molecule has 1 fully saturated rings. The first-order valence-corrected chi connectivity index (χ1v) is 21.6. The minimum atomic E-state index is -1.58. The van der Waals surface area contributed by atoms with Gasteiger partial charge >= 0.3 is 0 Å². The summed E-state index contributed by atoms with van der Waals surface area (Å²) < 4.78 is 11.1. The first kappa shape index (κ1) is 51.9. The van der Waals surface area contributed by atoms with Crippen LogP contribution in [-0.2, 0) is 14.3 Å². The Bertz CT molecular complexity index is 1250. The van der Waals surface area contributed by atoms with Crippen LogP contribution in [0.15, 0.2) is 109 Å². The number of carbonyl (C=O) groups excluding carboxylic acids is 1. The second-order valence-corrected chi connectivity index (χ2v) is 14.4. The summed E-state index contributed by atoms with van der Waals surface area (Å²) in [6, 6.07) is -0.841. The Morgan fingerprint density at radius 1 is 0.632 bits per heavy atom. The van der Waals surface area contributed by atoms with Gasteiger partial charge in [-0.3, -0.25) is 4.79 Å². The van der Waals surface area contributed by atoms with E-state index in [0.29, 0.717) is 12.8 Å². The van der Waals surface area contributed by atoms with Crippen molar-refractivity contribution in [3.8, 4) is 0 Å². The lowest BCUT2D eigenvalue weighted by Crippen LogP contribution is -2.60. The van der Waals surface area contributed by atoms with E-state index >= 15 is 0 Å². The third kappa shape index (κ3) is 28.0. The number of rotatable bonds is 33. The number of hydrogen-bond donors (Lipinski definition) is 6. The van der Waals surface area contributed by atoms with Gasteiger partial charge < -0.3 is 40.3 Å². The molecule has 57 heavy (non-hydrogen) atoms. The second kappa shape index (κ2) is 37.1. The Hall–Kier alpha value is -3.15. The van der Waals surface area contributed by atoms with Crippen LogP contribution in [0.3, 0.4) is 0 Å². The normalized spacial score (nSPS) is 22.1. The Morgan fingerprint density at radius 3 is 1.68 bits per heavy atom. The molecule has 9 heteroatoms. The molecule has 7 atom stereocenters. The number of hydrogen-bond acceptors (Lipinski definition) is 8. The highest BCUT2D eigenvalue weighted by Crippen LogP contribution is 2.22. The van der Waals surface area contributed by atoms with Gasteiger partial charge in [0.05, 0.1) is 25.4 Å². The Morgan fingerprint density at radius 2 is 1.12 bits per heavy atom. The molecular weight excluding hydrogens is 719 g/mol. The highest BCUT2D eigenvalue weighted by molar-refractivity contribution is 5.76. The number of nitrogens with one attached hydrogen (secondary N) is 1. The summed E-state index contributed by atoms with van der Waals surface area (Å²) in [5.74, 6) is -0.216. The molecule has 0 radical (unpaired) electrons. The zero-order valence-corrected chi connectivity index (χ0v) is 35.0. The van der Waals surface area contributed by atoms with Crippen molar-refractivity contribution in [2.45, 2.75) is 172 Å². The molecule has 1 rings (SSSR count). The van der Waals surface area contributed by atoms with Crippen LogP contribution in [0.4, 0.5) is 0 Å². The maximum Gasteiger partial charge on any atom is 0.220 e. The van der Waals surface area contributed by atoms with Crippen LogP contribution < -0.4 is 5.32 Å². The van der Waals surface area contributed by atoms with Gasteiger partial charge in [0.2, 0.25) is 5.91 Å². The number of ether oxygens (including phenoxy) is 2. The lowest BCUT2D eigenvalue weighted by atomic mass is 9.99. The highest BCUT2D eigenvalue weighted by atomic mass is 16.7. The topological polar surface area (TPSA) is 149 Å². The molecule has 1 saturated heterocycles. The van der Waals surface area contributed by atoms with Gasteiger partial charge in [-0.15, -0.1) is 0 Å². The van der Waals surface area contributed by atoms with E-state index in [9.17, 15) is 30.3 Å². The molecule has 9 nitrogen and oxygen atoms in total. The van der Waals surface area contributed by atoms with Crippen molar-refractivity contribution in [1.82, 2.24) is 5.32 Å². The Balaban J connectivity index is 2.32. The summed E-state index contributed by atoms with van der Waals surface area (Å²) in [4.78, 5) is 12.9. The molecule has 0 saturated carbocycles. The molecule has 0 aromatic heterocycles. The standard InChI is InChI=1S/C48H77NO8/c1-3-5-7-9-11-13-14-15-16-17-18-19-20-21-22-23-24-25-26-27-28-30-32-34-36-38-44(52)49-41(42(51)37-35-33-31-29-12-10-8-6-4-2)40-56-48-47(55)46(54)45(53)43(39-50)57-48/h4-7,11-13,15-16,18-19,21-22,24-25,29,35,37,41-43,45-48,50-51,53-55H,3,8-10,14,17,20,23,26-28,30-34,36,38-40H2,1-2H3,(H,49,52)/b6-4+,7-5-,13-11-,16-15-,19-18-,22-21-,25-24-,29-12+,37-35+. The van der Waals surface area contributed by atoms with Gasteiger partial charge in [-0.2, -0.15) is 0 Å². The van der Waals surface area contributed by atoms with Crippen LogP contribution in [0.5, 0.6) is 0 Å². The summed E-state index contributed by atoms with van der Waals surface area (Å²) in [6.07, 6.45) is 47.3. The molecule has 0 bridgehead atoms. The third-order valence-electron chi connectivity index (χ3n) is 9.40. The average molecular weight is 796 g/mol. The van der Waals surface area contributed by atoms with Crippen molar-refractivity contribution in [3.63, 3.8) is 0 Å². The van der Waals surface area contributed by atoms with E-state index in [2.05, 4.69) is 103 Å². The number of aliphatic hydroxyl groups excluding tert-OH is 5. The minimum absolute atomic E-state index is 0.216. The van der Waals surface area contributed by atoms with E-state index in [-0.39, 0.29) is 12.5 Å². The van der Waals surface area contributed by atoms with Crippen LogP contribution in [0.25, 0.3) is 0 Å². The van der Waals surface area contributed by atoms with Crippen molar-refractivity contribution >= 4 is 5.91 Å². The quantitative estimate of drug-likeness (QED) is 0.0286. The zero-order chi connectivity index (χ0) is 41.6. The molecule has 0 aliphatic carbocycles. The fraction of sp³-hybridized carbons (Fsp3) is 0.604. The minimum Gasteiger partial charge on any atom is -0.394 e. The average Bonchev–Trinajstić information content (AvgIpc) is 3.21. The third-order valence-corrected chi connectivity index (χ3v) is 9.40. The Kier molecular flexibility index (Phi) is 33.8. The molecule has 1 amide bonds. The van der Waals surface area contributed by atoms with Crippen LogP contribution in [0.1, 0.15) is 129 Å². The molecule has 1 aliphatic heterocycles. The lowest BCUT2D eigenvalue weighted by Gasteiger charge is -2.40. The van der Waals surface area contributed by atoms with Crippen LogP contribution in [0, 0.1) is 0 Å². The fourth-order valence-electron chi connectivity index (χ4n) is 5.96. The van der Waals surface area contributed by atoms with Gasteiger partial charge in [0.1, 0.15) is 24.4 Å². The molecule has 1 aliphatic rings. The highest BCUT2D eigenvalue weighted by Gasteiger charge is 2.44. The number of carbonyl (C=O) groups is 1. The monoisotopic (exact) mass is 796 g/mol. The largest absolute Gasteiger partial charge is 0.394 e. The van der Waals surface area contributed by atoms with Gasteiger partial charge in [-0.05, 0) is 90.4 Å². The molecule has 0 spiro atoms. The molecule has 0 aromatic rings. The number of allylic oxidation sites excluding steroid dienone is 17. The molecular formula is C48H77NO8. The first-order valence-electron chi connectivity index (χ1n) is 21.6. The van der Waals surface area contributed by atoms with Crippen molar-refractivity contribution in [3.05, 3.63) is 109 Å². The summed E-state index contributed by atoms with van der Waals surface area (Å²) in [5.41, 5.74) is 0. The molecule has 6 N–H and O–H groups in total. The van der Waals surface area contributed by atoms with Crippen molar-refractivity contribution in [2.24, 2.45) is 0 Å². The van der Waals surface area contributed by atoms with Gasteiger partial charge in [-0.25, -0.2) is 0 Å². The van der Waals surface area contributed by atoms with E-state index in [1.165, 1.54) is 0 Å². The number of amides is 1. The predicted molar refractivity (Wildman–Crippen MR) is 234 cm³/mol. The summed E-state index contributed by atoms with van der Waals surface area (Å²) in [5, 5.41) is 53.9. The van der Waals surface area contributed by atoms with Crippen molar-refractivity contribution in [1.29, 1.82) is 0 Å². The van der Waals surface area contributed by atoms with Gasteiger partial charge in [-0.1, -0.05) is 142 Å². The maximum absolute atomic E-state index is 12.9. The summed E-state index contributed by atoms with van der Waals surface area (Å²) >= 11 is 0. The first-order chi connectivity index (χ1) is 27.8. The van der Waals surface area contributed by atoms with E-state index in [4.69, 9.17) is 9.47 Å². The van der Waals surface area contributed by atoms with E-state index < -0.39 is 49.5 Å². The summed E-state index contributed by atoms with van der Waals surface area (Å²) in [6.45, 7) is 3.35.